The van der Waals surface area contributed by atoms with Gasteiger partial charge in [0.25, 0.3) is 0 Å². The second kappa shape index (κ2) is 11.0. The van der Waals surface area contributed by atoms with Gasteiger partial charge >= 0.3 is 6.09 Å². The van der Waals surface area contributed by atoms with E-state index in [1.165, 1.54) is 36.3 Å². The zero-order chi connectivity index (χ0) is 31.5. The monoisotopic (exact) mass is 595 g/mol. The molecule has 0 bridgehead atoms. The molecule has 3 aliphatic rings. The molecule has 2 aromatic rings. The number of hydrogen-bond donors (Lipinski definition) is 6. The van der Waals surface area contributed by atoms with Crippen LogP contribution in [-0.4, -0.2) is 88.3 Å². The third-order valence-electron chi connectivity index (χ3n) is 8.87. The number of anilines is 1. The summed E-state index contributed by atoms with van der Waals surface area (Å²) in [4.78, 5) is 53.7. The van der Waals surface area contributed by atoms with Gasteiger partial charge in [0.05, 0.1) is 36.5 Å². The van der Waals surface area contributed by atoms with Crippen molar-refractivity contribution in [1.82, 2.24) is 4.90 Å². The van der Waals surface area contributed by atoms with E-state index in [1.54, 1.807) is 33.2 Å². The average Bonchev–Trinajstić information content (AvgIpc) is 2.94. The maximum Gasteiger partial charge on any atom is 0.417 e. The average molecular weight is 596 g/mol. The fraction of sp³-hybridized carbons (Fsp3) is 0.400. The Morgan fingerprint density at radius 1 is 0.977 bits per heavy atom. The van der Waals surface area contributed by atoms with Gasteiger partial charge in [0.1, 0.15) is 28.9 Å². The molecule has 5 unspecified atom stereocenters. The second-order valence-corrected chi connectivity index (χ2v) is 11.3. The maximum absolute atomic E-state index is 14.0. The number of benzene rings is 2. The van der Waals surface area contributed by atoms with Crippen molar-refractivity contribution < 1.29 is 49.1 Å². The van der Waals surface area contributed by atoms with Gasteiger partial charge < -0.3 is 40.5 Å². The van der Waals surface area contributed by atoms with E-state index in [0.717, 1.165) is 0 Å². The van der Waals surface area contributed by atoms with Crippen LogP contribution in [0, 0.1) is 23.7 Å². The van der Waals surface area contributed by atoms with E-state index in [-0.39, 0.29) is 22.6 Å². The molecule has 13 nitrogen and oxygen atoms in total. The Balaban J connectivity index is 1.53. The SMILES string of the molecule is COc1ccc(OC(=O)Nc2ccc3c(c2O)C(O)=C2C(=O)C4C(=O)C(C(N)=O)C(O)[C@@H](N(C)C)C4[C@@H](O)C2[C@H]3C)cc1. The number of methoxy groups -OCH3 is 1. The Morgan fingerprint density at radius 2 is 1.60 bits per heavy atom. The van der Waals surface area contributed by atoms with E-state index >= 15 is 0 Å². The normalized spacial score (nSPS) is 29.8. The van der Waals surface area contributed by atoms with Gasteiger partial charge in [-0.3, -0.25) is 19.7 Å². The molecule has 2 saturated carbocycles. The molecular formula is C30H33N3O10. The zero-order valence-corrected chi connectivity index (χ0v) is 23.8. The number of aromatic hydroxyl groups is 1. The minimum atomic E-state index is -1.70. The molecule has 2 aromatic carbocycles. The predicted octanol–water partition coefficient (Wildman–Crippen LogP) is 1.17. The summed E-state index contributed by atoms with van der Waals surface area (Å²) in [6.07, 6.45) is -3.91. The van der Waals surface area contributed by atoms with Gasteiger partial charge in [-0.1, -0.05) is 13.0 Å². The molecule has 3 aliphatic carbocycles. The third kappa shape index (κ3) is 4.69. The quantitative estimate of drug-likeness (QED) is 0.213. The lowest BCUT2D eigenvalue weighted by atomic mass is 9.54. The minimum absolute atomic E-state index is 0.130. The topological polar surface area (TPSA) is 209 Å². The second-order valence-electron chi connectivity index (χ2n) is 11.3. The lowest BCUT2D eigenvalue weighted by Gasteiger charge is -2.53. The van der Waals surface area contributed by atoms with Gasteiger partial charge in [0.2, 0.25) is 5.91 Å². The van der Waals surface area contributed by atoms with Crippen LogP contribution in [-0.2, 0) is 14.4 Å². The number of ether oxygens (including phenoxy) is 2. The molecule has 5 rings (SSSR count). The number of likely N-dealkylation sites (N-methyl/N-ethyl adjacent to an activating group) is 1. The number of hydrogen-bond acceptors (Lipinski definition) is 11. The molecule has 0 aromatic heterocycles. The first-order valence-corrected chi connectivity index (χ1v) is 13.6. The van der Waals surface area contributed by atoms with Crippen molar-refractivity contribution in [3.8, 4) is 17.2 Å². The van der Waals surface area contributed by atoms with Crippen LogP contribution in [0.1, 0.15) is 24.0 Å². The maximum atomic E-state index is 14.0. The minimum Gasteiger partial charge on any atom is -0.507 e. The van der Waals surface area contributed by atoms with Crippen molar-refractivity contribution in [2.75, 3.05) is 26.5 Å². The number of nitrogens with zero attached hydrogens (tertiary/aromatic N) is 1. The van der Waals surface area contributed by atoms with Crippen LogP contribution in [0.2, 0.25) is 0 Å². The zero-order valence-electron chi connectivity index (χ0n) is 23.8. The molecule has 13 heteroatoms. The molecule has 43 heavy (non-hydrogen) atoms. The molecule has 0 heterocycles. The van der Waals surface area contributed by atoms with Crippen molar-refractivity contribution in [3.05, 3.63) is 53.1 Å². The number of aliphatic hydroxyl groups excluding tert-OH is 3. The largest absolute Gasteiger partial charge is 0.507 e. The summed E-state index contributed by atoms with van der Waals surface area (Å²) < 4.78 is 10.3. The van der Waals surface area contributed by atoms with Crippen molar-refractivity contribution in [1.29, 1.82) is 0 Å². The van der Waals surface area contributed by atoms with E-state index in [4.69, 9.17) is 15.2 Å². The van der Waals surface area contributed by atoms with Gasteiger partial charge in [-0.15, -0.1) is 0 Å². The fourth-order valence-electron chi connectivity index (χ4n) is 6.95. The highest BCUT2D eigenvalue weighted by Gasteiger charge is 2.63. The number of phenols is 1. The number of fused-ring (bicyclic) bond motifs is 3. The van der Waals surface area contributed by atoms with Crippen LogP contribution < -0.4 is 20.5 Å². The van der Waals surface area contributed by atoms with E-state index in [9.17, 15) is 39.6 Å². The first-order valence-electron chi connectivity index (χ1n) is 13.6. The number of carbonyl (C=O) groups is 4. The van der Waals surface area contributed by atoms with E-state index in [0.29, 0.717) is 11.3 Å². The Kier molecular flexibility index (Phi) is 7.67. The highest BCUT2D eigenvalue weighted by atomic mass is 16.6. The van der Waals surface area contributed by atoms with Gasteiger partial charge in [0, 0.05) is 23.5 Å². The Morgan fingerprint density at radius 3 is 2.19 bits per heavy atom. The van der Waals surface area contributed by atoms with Crippen molar-refractivity contribution >= 4 is 35.0 Å². The summed E-state index contributed by atoms with van der Waals surface area (Å²) in [6.45, 7) is 1.69. The summed E-state index contributed by atoms with van der Waals surface area (Å²) >= 11 is 0. The number of nitrogens with one attached hydrogen (secondary N) is 1. The number of Topliss-reactive ketones (excluding diaryl/α,β-unsaturated/α-hetero) is 2. The number of primary amides is 1. The summed E-state index contributed by atoms with van der Waals surface area (Å²) in [7, 11) is 4.67. The number of ketones is 2. The van der Waals surface area contributed by atoms with Gasteiger partial charge in [0.15, 0.2) is 11.6 Å². The molecule has 0 saturated heterocycles. The summed E-state index contributed by atoms with van der Waals surface area (Å²) in [5.74, 6) is -9.39. The van der Waals surface area contributed by atoms with Crippen LogP contribution >= 0.6 is 0 Å². The molecule has 2 fully saturated rings. The lowest BCUT2D eigenvalue weighted by Crippen LogP contribution is -2.68. The molecule has 0 spiro atoms. The third-order valence-corrected chi connectivity index (χ3v) is 8.87. The Hall–Kier alpha value is -4.46. The number of carbonyl (C=O) groups excluding carboxylic acids is 4. The molecular weight excluding hydrogens is 562 g/mol. The van der Waals surface area contributed by atoms with Crippen LogP contribution in [0.25, 0.3) is 5.76 Å². The highest BCUT2D eigenvalue weighted by molar-refractivity contribution is 6.19. The van der Waals surface area contributed by atoms with Crippen molar-refractivity contribution in [2.24, 2.45) is 29.4 Å². The number of amides is 2. The molecule has 8 atom stereocenters. The smallest absolute Gasteiger partial charge is 0.417 e. The van der Waals surface area contributed by atoms with Gasteiger partial charge in [-0.05, 0) is 55.9 Å². The van der Waals surface area contributed by atoms with E-state index < -0.39 is 82.9 Å². The number of phenolic OH excluding ortho intramolecular Hbond substituents is 1. The molecule has 228 valence electrons. The van der Waals surface area contributed by atoms with Crippen LogP contribution in [0.3, 0.4) is 0 Å². The van der Waals surface area contributed by atoms with Crippen LogP contribution in [0.5, 0.6) is 17.2 Å². The fourth-order valence-corrected chi connectivity index (χ4v) is 6.95. The first kappa shape index (κ1) is 30.0. The van der Waals surface area contributed by atoms with E-state index in [1.807, 2.05) is 0 Å². The molecule has 0 radical (unpaired) electrons. The Labute approximate surface area is 246 Å². The van der Waals surface area contributed by atoms with Crippen LogP contribution in [0.15, 0.2) is 42.0 Å². The lowest BCUT2D eigenvalue weighted by molar-refractivity contribution is -0.166. The molecule has 0 aliphatic heterocycles. The summed E-state index contributed by atoms with van der Waals surface area (Å²) in [6, 6.07) is 8.14. The molecule has 2 amide bonds. The summed E-state index contributed by atoms with van der Waals surface area (Å²) in [5.41, 5.74) is 5.25. The Bertz CT molecular complexity index is 1540. The standard InChI is InChI=1S/C30H33N3O10/c1-11-14-9-10-15(32-30(41)43-13-7-5-12(42-4)6-8-13)23(34)17(14)25(36)19-16(11)24(35)18-20(26(19)37)27(38)21(29(31)40)28(39)22(18)33(2)3/h5-11,16,18,20-22,24,28,34-36,39H,1-4H3,(H2,31,40)(H,32,41)/t11-,16?,18?,20?,21?,22-,24-,28?/m0/s1. The predicted molar refractivity (Wildman–Crippen MR) is 151 cm³/mol. The summed E-state index contributed by atoms with van der Waals surface area (Å²) in [5, 5.41) is 47.7. The highest BCUT2D eigenvalue weighted by Crippen LogP contribution is 2.55. The molecule has 7 N–H and O–H groups in total. The van der Waals surface area contributed by atoms with Gasteiger partial charge in [-0.25, -0.2) is 4.79 Å². The van der Waals surface area contributed by atoms with Crippen molar-refractivity contribution in [2.45, 2.75) is 31.1 Å². The first-order chi connectivity index (χ1) is 20.3. The van der Waals surface area contributed by atoms with Crippen LogP contribution in [0.4, 0.5) is 10.5 Å². The van der Waals surface area contributed by atoms with Gasteiger partial charge in [-0.2, -0.15) is 0 Å². The van der Waals surface area contributed by atoms with Crippen molar-refractivity contribution in [3.63, 3.8) is 0 Å². The van der Waals surface area contributed by atoms with E-state index in [2.05, 4.69) is 5.32 Å². The number of rotatable bonds is 5. The number of aliphatic hydroxyl groups is 3. The number of nitrogens with two attached hydrogens (primary N) is 1.